The first-order chi connectivity index (χ1) is 8.81. The highest BCUT2D eigenvalue weighted by Crippen LogP contribution is 2.22. The van der Waals surface area contributed by atoms with E-state index in [0.29, 0.717) is 26.2 Å². The van der Waals surface area contributed by atoms with Crippen LogP contribution >= 0.6 is 0 Å². The van der Waals surface area contributed by atoms with Crippen LogP contribution in [0, 0.1) is 5.92 Å². The van der Waals surface area contributed by atoms with Crippen LogP contribution < -0.4 is 5.32 Å². The second-order valence-corrected chi connectivity index (χ2v) is 4.28. The van der Waals surface area contributed by atoms with Gasteiger partial charge in [0.15, 0.2) is 0 Å². The van der Waals surface area contributed by atoms with Gasteiger partial charge >= 0.3 is 0 Å². The van der Waals surface area contributed by atoms with Gasteiger partial charge in [-0.25, -0.2) is 0 Å². The molecule has 0 spiro atoms. The molecule has 1 aliphatic rings. The summed E-state index contributed by atoms with van der Waals surface area (Å²) in [6.45, 7) is 1.21. The number of rotatable bonds is 6. The largest absolute Gasteiger partial charge is 0.394 e. The molecular weight excluding hydrogens is 236 g/mol. The van der Waals surface area contributed by atoms with Crippen molar-refractivity contribution in [2.24, 2.45) is 5.92 Å². The third-order valence-corrected chi connectivity index (χ3v) is 3.02. The highest BCUT2D eigenvalue weighted by Gasteiger charge is 2.26. The van der Waals surface area contributed by atoms with Gasteiger partial charge in [0, 0.05) is 18.9 Å². The highest BCUT2D eigenvalue weighted by atomic mass is 16.5. The van der Waals surface area contributed by atoms with E-state index in [-0.39, 0.29) is 18.4 Å². The topological polar surface area (TPSA) is 100 Å². The number of hydrogen-bond acceptors (Lipinski definition) is 5. The van der Waals surface area contributed by atoms with Crippen LogP contribution in [-0.4, -0.2) is 52.8 Å². The smallest absolute Gasteiger partial charge is 0.223 e. The Morgan fingerprint density at radius 1 is 1.44 bits per heavy atom. The Morgan fingerprint density at radius 3 is 3.11 bits per heavy atom. The summed E-state index contributed by atoms with van der Waals surface area (Å²) in [4.78, 5) is 11.9. The lowest BCUT2D eigenvalue weighted by atomic mass is 9.89. The van der Waals surface area contributed by atoms with Crippen LogP contribution in [0.1, 0.15) is 17.8 Å². The van der Waals surface area contributed by atoms with Gasteiger partial charge in [-0.3, -0.25) is 4.79 Å². The number of aryl methyl sites for hydroxylation is 1. The molecule has 2 rings (SSSR count). The van der Waals surface area contributed by atoms with Crippen molar-refractivity contribution in [1.29, 1.82) is 0 Å². The molecule has 0 radical (unpaired) electrons. The van der Waals surface area contributed by atoms with Gasteiger partial charge in [0.2, 0.25) is 5.91 Å². The summed E-state index contributed by atoms with van der Waals surface area (Å²) in [5.74, 6) is 0.0108. The maximum Gasteiger partial charge on any atom is 0.223 e. The van der Waals surface area contributed by atoms with Gasteiger partial charge in [-0.1, -0.05) is 0 Å². The third kappa shape index (κ3) is 3.27. The molecule has 1 amide bonds. The van der Waals surface area contributed by atoms with Crippen LogP contribution in [0.2, 0.25) is 0 Å². The molecular formula is C11H18N4O3. The normalized spacial score (nSPS) is 18.4. The molecule has 3 N–H and O–H groups in total. The molecule has 0 fully saturated rings. The fourth-order valence-electron chi connectivity index (χ4n) is 2.07. The minimum absolute atomic E-state index is 0.00546. The van der Waals surface area contributed by atoms with Crippen LogP contribution in [0.5, 0.6) is 0 Å². The minimum Gasteiger partial charge on any atom is -0.394 e. The number of carbonyl (C=O) groups is 1. The zero-order valence-electron chi connectivity index (χ0n) is 10.2. The van der Waals surface area contributed by atoms with Gasteiger partial charge in [0.25, 0.3) is 0 Å². The van der Waals surface area contributed by atoms with Crippen LogP contribution in [0.25, 0.3) is 0 Å². The molecule has 1 aromatic heterocycles. The highest BCUT2D eigenvalue weighted by molar-refractivity contribution is 5.79. The number of aliphatic hydroxyl groups is 1. The fourth-order valence-corrected chi connectivity index (χ4v) is 2.07. The number of ether oxygens (including phenoxy) is 1. The first-order valence-corrected chi connectivity index (χ1v) is 6.16. The average Bonchev–Trinajstić information content (AvgIpc) is 2.85. The lowest BCUT2D eigenvalue weighted by molar-refractivity contribution is -0.125. The molecule has 1 unspecified atom stereocenters. The molecule has 0 aromatic carbocycles. The lowest BCUT2D eigenvalue weighted by Gasteiger charge is -2.19. The lowest BCUT2D eigenvalue weighted by Crippen LogP contribution is -2.36. The number of hydrogen-bond donors (Lipinski definition) is 3. The van der Waals surface area contributed by atoms with Gasteiger partial charge in [-0.2, -0.15) is 15.4 Å². The van der Waals surface area contributed by atoms with E-state index in [1.54, 1.807) is 0 Å². The Balaban J connectivity index is 1.71. The van der Waals surface area contributed by atoms with E-state index in [0.717, 1.165) is 24.2 Å². The molecule has 1 heterocycles. The van der Waals surface area contributed by atoms with Crippen molar-refractivity contribution >= 4 is 5.91 Å². The number of aliphatic hydroxyl groups excluding tert-OH is 1. The Kier molecular flexibility index (Phi) is 4.66. The summed E-state index contributed by atoms with van der Waals surface area (Å²) in [6, 6.07) is 0. The van der Waals surface area contributed by atoms with Crippen LogP contribution in [0.15, 0.2) is 0 Å². The van der Waals surface area contributed by atoms with E-state index in [2.05, 4.69) is 20.7 Å². The Labute approximate surface area is 105 Å². The number of amides is 1. The molecule has 0 saturated carbocycles. The second kappa shape index (κ2) is 6.46. The van der Waals surface area contributed by atoms with Crippen molar-refractivity contribution in [3.8, 4) is 0 Å². The van der Waals surface area contributed by atoms with E-state index in [4.69, 9.17) is 9.84 Å². The van der Waals surface area contributed by atoms with Crippen LogP contribution in [0.4, 0.5) is 0 Å². The van der Waals surface area contributed by atoms with Gasteiger partial charge < -0.3 is 15.2 Å². The summed E-state index contributed by atoms with van der Waals surface area (Å²) < 4.78 is 5.07. The number of fused-ring (bicyclic) bond motifs is 1. The first kappa shape index (κ1) is 13.0. The van der Waals surface area contributed by atoms with E-state index in [1.165, 1.54) is 0 Å². The minimum atomic E-state index is -0.0274. The summed E-state index contributed by atoms with van der Waals surface area (Å²) in [5.41, 5.74) is 1.88. The van der Waals surface area contributed by atoms with Crippen molar-refractivity contribution < 1.29 is 14.6 Å². The van der Waals surface area contributed by atoms with Gasteiger partial charge in [-0.15, -0.1) is 0 Å². The number of aromatic nitrogens is 3. The summed E-state index contributed by atoms with van der Waals surface area (Å²) in [6.07, 6.45) is 2.25. The zero-order valence-corrected chi connectivity index (χ0v) is 10.2. The molecule has 1 aromatic rings. The second-order valence-electron chi connectivity index (χ2n) is 4.28. The predicted octanol–water partition coefficient (Wildman–Crippen LogP) is -0.965. The van der Waals surface area contributed by atoms with Gasteiger partial charge in [0.1, 0.15) is 0 Å². The van der Waals surface area contributed by atoms with E-state index >= 15 is 0 Å². The number of H-pyrrole nitrogens is 1. The van der Waals surface area contributed by atoms with Crippen molar-refractivity contribution in [1.82, 2.24) is 20.7 Å². The summed E-state index contributed by atoms with van der Waals surface area (Å²) in [5, 5.41) is 22.0. The first-order valence-electron chi connectivity index (χ1n) is 6.16. The Morgan fingerprint density at radius 2 is 2.28 bits per heavy atom. The average molecular weight is 254 g/mol. The molecule has 0 aliphatic heterocycles. The van der Waals surface area contributed by atoms with E-state index in [1.807, 2.05) is 0 Å². The van der Waals surface area contributed by atoms with E-state index in [9.17, 15) is 4.79 Å². The Bertz CT molecular complexity index is 393. The third-order valence-electron chi connectivity index (χ3n) is 3.02. The summed E-state index contributed by atoms with van der Waals surface area (Å²) in [7, 11) is 0. The zero-order chi connectivity index (χ0) is 12.8. The standard InChI is InChI=1S/C11H18N4O3/c16-4-6-18-5-3-12-11(17)8-1-2-9-10(7-8)14-15-13-9/h8,16H,1-7H2,(H,12,17)(H,13,14,15). The molecule has 0 saturated heterocycles. The van der Waals surface area contributed by atoms with Crippen molar-refractivity contribution in [3.05, 3.63) is 11.4 Å². The number of carbonyl (C=O) groups excluding carboxylic acids is 1. The van der Waals surface area contributed by atoms with E-state index < -0.39 is 0 Å². The van der Waals surface area contributed by atoms with Crippen molar-refractivity contribution in [2.75, 3.05) is 26.4 Å². The van der Waals surface area contributed by atoms with Gasteiger partial charge in [0.05, 0.1) is 31.2 Å². The molecule has 1 atom stereocenters. The molecule has 7 heteroatoms. The molecule has 1 aliphatic carbocycles. The maximum absolute atomic E-state index is 11.9. The van der Waals surface area contributed by atoms with Gasteiger partial charge in [-0.05, 0) is 12.8 Å². The van der Waals surface area contributed by atoms with Crippen LogP contribution in [-0.2, 0) is 22.4 Å². The number of nitrogens with one attached hydrogen (secondary N) is 2. The molecule has 0 bridgehead atoms. The predicted molar refractivity (Wildman–Crippen MR) is 62.8 cm³/mol. The number of aromatic amines is 1. The monoisotopic (exact) mass is 254 g/mol. The SMILES string of the molecule is O=C(NCCOCCO)C1CCc2n[nH]nc2C1. The number of nitrogens with zero attached hydrogens (tertiary/aromatic N) is 2. The molecule has 7 nitrogen and oxygen atoms in total. The molecule has 18 heavy (non-hydrogen) atoms. The van der Waals surface area contributed by atoms with Crippen molar-refractivity contribution in [3.63, 3.8) is 0 Å². The van der Waals surface area contributed by atoms with Crippen LogP contribution in [0.3, 0.4) is 0 Å². The van der Waals surface area contributed by atoms with Crippen molar-refractivity contribution in [2.45, 2.75) is 19.3 Å². The molecule has 100 valence electrons. The fraction of sp³-hybridized carbons (Fsp3) is 0.727. The summed E-state index contributed by atoms with van der Waals surface area (Å²) >= 11 is 0. The Hall–Kier alpha value is -1.47. The maximum atomic E-state index is 11.9. The quantitative estimate of drug-likeness (QED) is 0.567.